The standard InChI is InChI=1S/C24H31NO3/c1-23-7-5-14-13-4-3-12(25-26)9-15(13)16-10-17(16)21(14)22(23)18-11-19(18)24(23)8-6-20(27-2)28-24/h6,8-9,13-14,16-22,26H,3-5,7,10-11H2,1-2H3/b25-12+/t13-,14?,16+,17+,18+,19-,20?,21?,22?,23+,24+/m1/s1. The van der Waals surface area contributed by atoms with Crippen LogP contribution in [0.25, 0.3) is 0 Å². The lowest BCUT2D eigenvalue weighted by Gasteiger charge is -2.57. The molecule has 0 radical (unpaired) electrons. The summed E-state index contributed by atoms with van der Waals surface area (Å²) in [5, 5.41) is 12.8. The van der Waals surface area contributed by atoms with Crippen LogP contribution < -0.4 is 0 Å². The maximum atomic E-state index is 9.28. The third-order valence-electron chi connectivity index (χ3n) is 10.3. The van der Waals surface area contributed by atoms with Crippen LogP contribution in [-0.4, -0.2) is 29.9 Å². The molecule has 4 unspecified atom stereocenters. The minimum absolute atomic E-state index is 0.0717. The molecule has 4 heteroatoms. The first kappa shape index (κ1) is 16.6. The van der Waals surface area contributed by atoms with Crippen molar-refractivity contribution in [2.75, 3.05) is 7.11 Å². The topological polar surface area (TPSA) is 51.0 Å². The van der Waals surface area contributed by atoms with Crippen molar-refractivity contribution in [1.82, 2.24) is 0 Å². The van der Waals surface area contributed by atoms with Crippen LogP contribution >= 0.6 is 0 Å². The average molecular weight is 382 g/mol. The van der Waals surface area contributed by atoms with Crippen molar-refractivity contribution in [3.63, 3.8) is 0 Å². The molecule has 11 atom stereocenters. The normalized spacial score (nSPS) is 61.3. The third-order valence-corrected chi connectivity index (χ3v) is 10.3. The SMILES string of the molecule is COC1C=C[C@]2(O1)[C@@H]1C[C@@H]1C1C3C(CC[C@@]12C)[C@H]1CC/C(=N\O)C=C1[C@@H]1C[C@H]31. The van der Waals surface area contributed by atoms with Gasteiger partial charge in [-0.15, -0.1) is 0 Å². The summed E-state index contributed by atoms with van der Waals surface area (Å²) in [5.74, 6) is 6.50. The Morgan fingerprint density at radius 3 is 2.86 bits per heavy atom. The van der Waals surface area contributed by atoms with Gasteiger partial charge in [-0.3, -0.25) is 0 Å². The molecule has 7 rings (SSSR count). The van der Waals surface area contributed by atoms with E-state index in [0.717, 1.165) is 53.6 Å². The number of hydrogen-bond donors (Lipinski definition) is 1. The van der Waals surface area contributed by atoms with Crippen molar-refractivity contribution >= 4 is 5.71 Å². The zero-order valence-corrected chi connectivity index (χ0v) is 16.9. The number of ether oxygens (including phenoxy) is 2. The lowest BCUT2D eigenvalue weighted by Crippen LogP contribution is -2.55. The van der Waals surface area contributed by atoms with Crippen molar-refractivity contribution in [3.05, 3.63) is 23.8 Å². The Kier molecular flexibility index (Phi) is 3.05. The van der Waals surface area contributed by atoms with E-state index in [1.165, 1.54) is 32.1 Å². The molecule has 1 aliphatic heterocycles. The number of fused-ring (bicyclic) bond motifs is 12. The molecule has 1 N–H and O–H groups in total. The highest BCUT2D eigenvalue weighted by Crippen LogP contribution is 2.80. The Balaban J connectivity index is 1.27. The molecule has 150 valence electrons. The van der Waals surface area contributed by atoms with Crippen LogP contribution in [0, 0.1) is 52.8 Å². The van der Waals surface area contributed by atoms with Gasteiger partial charge in [-0.2, -0.15) is 0 Å². The summed E-state index contributed by atoms with van der Waals surface area (Å²) in [6, 6.07) is 0. The van der Waals surface area contributed by atoms with Gasteiger partial charge in [-0.05, 0) is 98.0 Å². The molecule has 0 amide bonds. The minimum Gasteiger partial charge on any atom is -0.411 e. The highest BCUT2D eigenvalue weighted by molar-refractivity contribution is 5.96. The predicted octanol–water partition coefficient (Wildman–Crippen LogP) is 4.40. The zero-order chi connectivity index (χ0) is 18.8. The van der Waals surface area contributed by atoms with Crippen LogP contribution in [0.1, 0.15) is 45.4 Å². The molecular weight excluding hydrogens is 350 g/mol. The molecular formula is C24H31NO3. The summed E-state index contributed by atoms with van der Waals surface area (Å²) in [4.78, 5) is 0. The van der Waals surface area contributed by atoms with Gasteiger partial charge in [0.25, 0.3) is 0 Å². The Bertz CT molecular complexity index is 832. The highest BCUT2D eigenvalue weighted by atomic mass is 16.7. The van der Waals surface area contributed by atoms with Crippen molar-refractivity contribution in [2.24, 2.45) is 57.9 Å². The van der Waals surface area contributed by atoms with Crippen LogP contribution in [0.4, 0.5) is 0 Å². The monoisotopic (exact) mass is 381 g/mol. The first-order valence-corrected chi connectivity index (χ1v) is 11.4. The van der Waals surface area contributed by atoms with E-state index < -0.39 is 0 Å². The summed E-state index contributed by atoms with van der Waals surface area (Å²) in [7, 11) is 1.76. The number of methoxy groups -OCH3 is 1. The van der Waals surface area contributed by atoms with E-state index in [4.69, 9.17) is 9.47 Å². The van der Waals surface area contributed by atoms with E-state index in [9.17, 15) is 5.21 Å². The molecule has 0 saturated heterocycles. The van der Waals surface area contributed by atoms with Crippen molar-refractivity contribution < 1.29 is 14.7 Å². The van der Waals surface area contributed by atoms with Crippen LogP contribution in [0.15, 0.2) is 29.0 Å². The molecule has 0 aromatic heterocycles. The second-order valence-corrected chi connectivity index (χ2v) is 11.0. The fourth-order valence-corrected chi connectivity index (χ4v) is 9.25. The number of oxime groups is 1. The van der Waals surface area contributed by atoms with Crippen molar-refractivity contribution in [3.8, 4) is 0 Å². The predicted molar refractivity (Wildman–Crippen MR) is 105 cm³/mol. The molecule has 6 aliphatic carbocycles. The van der Waals surface area contributed by atoms with Gasteiger partial charge < -0.3 is 14.7 Å². The van der Waals surface area contributed by atoms with Crippen LogP contribution in [0.2, 0.25) is 0 Å². The van der Waals surface area contributed by atoms with E-state index in [0.29, 0.717) is 5.92 Å². The Morgan fingerprint density at radius 1 is 1.18 bits per heavy atom. The van der Waals surface area contributed by atoms with E-state index >= 15 is 0 Å². The Hall–Kier alpha value is -1.13. The van der Waals surface area contributed by atoms with Gasteiger partial charge in [0.2, 0.25) is 0 Å². The molecule has 0 aromatic rings. The van der Waals surface area contributed by atoms with Crippen molar-refractivity contribution in [1.29, 1.82) is 0 Å². The zero-order valence-electron chi connectivity index (χ0n) is 16.9. The maximum absolute atomic E-state index is 9.28. The van der Waals surface area contributed by atoms with Crippen molar-refractivity contribution in [2.45, 2.75) is 57.3 Å². The van der Waals surface area contributed by atoms with Gasteiger partial charge >= 0.3 is 0 Å². The molecule has 28 heavy (non-hydrogen) atoms. The molecule has 5 fully saturated rings. The van der Waals surface area contributed by atoms with Gasteiger partial charge in [-0.1, -0.05) is 23.7 Å². The number of rotatable bonds is 1. The average Bonchev–Trinajstić information content (AvgIpc) is 3.63. The molecule has 7 aliphatic rings. The number of hydrogen-bond acceptors (Lipinski definition) is 4. The number of allylic oxidation sites excluding steroid dienone is 2. The fourth-order valence-electron chi connectivity index (χ4n) is 9.25. The smallest absolute Gasteiger partial charge is 0.177 e. The maximum Gasteiger partial charge on any atom is 0.177 e. The van der Waals surface area contributed by atoms with Crippen LogP contribution in [0.5, 0.6) is 0 Å². The van der Waals surface area contributed by atoms with Crippen LogP contribution in [0.3, 0.4) is 0 Å². The summed E-state index contributed by atoms with van der Waals surface area (Å²) < 4.78 is 12.2. The highest BCUT2D eigenvalue weighted by Gasteiger charge is 2.79. The Morgan fingerprint density at radius 2 is 2.07 bits per heavy atom. The van der Waals surface area contributed by atoms with E-state index in [1.54, 1.807) is 12.7 Å². The van der Waals surface area contributed by atoms with E-state index in [1.807, 2.05) is 0 Å². The second kappa shape index (κ2) is 5.13. The third kappa shape index (κ3) is 1.75. The molecule has 5 saturated carbocycles. The number of nitrogens with zero attached hydrogens (tertiary/aromatic N) is 1. The van der Waals surface area contributed by atoms with Gasteiger partial charge in [0.15, 0.2) is 6.29 Å². The van der Waals surface area contributed by atoms with E-state index in [-0.39, 0.29) is 17.3 Å². The minimum atomic E-state index is -0.154. The van der Waals surface area contributed by atoms with Gasteiger partial charge in [0.1, 0.15) is 0 Å². The molecule has 4 nitrogen and oxygen atoms in total. The van der Waals surface area contributed by atoms with Gasteiger partial charge in [0.05, 0.1) is 11.3 Å². The largest absolute Gasteiger partial charge is 0.411 e. The molecule has 1 heterocycles. The summed E-state index contributed by atoms with van der Waals surface area (Å²) >= 11 is 0. The van der Waals surface area contributed by atoms with Crippen LogP contribution in [-0.2, 0) is 9.47 Å². The molecule has 0 bridgehead atoms. The van der Waals surface area contributed by atoms with Gasteiger partial charge in [-0.25, -0.2) is 0 Å². The summed E-state index contributed by atoms with van der Waals surface area (Å²) in [5.41, 5.74) is 2.75. The summed E-state index contributed by atoms with van der Waals surface area (Å²) in [6.07, 6.45) is 14.2. The first-order valence-electron chi connectivity index (χ1n) is 11.4. The van der Waals surface area contributed by atoms with E-state index in [2.05, 4.69) is 30.3 Å². The molecule has 0 aromatic carbocycles. The first-order chi connectivity index (χ1) is 13.6. The van der Waals surface area contributed by atoms with Gasteiger partial charge in [0, 0.05) is 12.5 Å². The lowest BCUT2D eigenvalue weighted by molar-refractivity contribution is -0.204. The lowest BCUT2D eigenvalue weighted by atomic mass is 9.49. The Labute approximate surface area is 167 Å². The molecule has 1 spiro atoms. The quantitative estimate of drug-likeness (QED) is 0.416. The fraction of sp³-hybridized carbons (Fsp3) is 0.792. The second-order valence-electron chi connectivity index (χ2n) is 11.0. The summed E-state index contributed by atoms with van der Waals surface area (Å²) in [6.45, 7) is 2.56.